The Labute approximate surface area is 84.6 Å². The molecule has 0 heterocycles. The highest BCUT2D eigenvalue weighted by Crippen LogP contribution is 1.89. The normalized spacial score (nSPS) is 10.0. The van der Waals surface area contributed by atoms with Gasteiger partial charge >= 0.3 is 0 Å². The molecule has 0 spiro atoms. The molecule has 0 radical (unpaired) electrons. The first-order valence-electron chi connectivity index (χ1n) is 4.27. The van der Waals surface area contributed by atoms with Crippen molar-refractivity contribution in [1.82, 2.24) is 0 Å². The van der Waals surface area contributed by atoms with Gasteiger partial charge in [-0.3, -0.25) is 0 Å². The van der Waals surface area contributed by atoms with E-state index in [1.807, 2.05) is 6.92 Å². The summed E-state index contributed by atoms with van der Waals surface area (Å²) in [7, 11) is 0. The fourth-order valence-electron chi connectivity index (χ4n) is 0.651. The molecule has 0 aromatic heterocycles. The highest BCUT2D eigenvalue weighted by molar-refractivity contribution is 6.17. The largest absolute Gasteiger partial charge is 0.496 e. The van der Waals surface area contributed by atoms with Gasteiger partial charge in [0.1, 0.15) is 6.61 Å². The van der Waals surface area contributed by atoms with Gasteiger partial charge < -0.3 is 14.2 Å². The molecule has 0 saturated heterocycles. The fraction of sp³-hybridized carbons (Fsp3) is 0.778. The summed E-state index contributed by atoms with van der Waals surface area (Å²) < 4.78 is 15.4. The minimum Gasteiger partial charge on any atom is -0.496 e. The molecule has 0 aromatic carbocycles. The van der Waals surface area contributed by atoms with E-state index < -0.39 is 0 Å². The first-order chi connectivity index (χ1) is 6.27. The van der Waals surface area contributed by atoms with Crippen molar-refractivity contribution in [2.75, 3.05) is 38.9 Å². The van der Waals surface area contributed by atoms with Crippen LogP contribution >= 0.6 is 11.6 Å². The van der Waals surface area contributed by atoms with Crippen LogP contribution in [0.4, 0.5) is 0 Å². The van der Waals surface area contributed by atoms with Crippen LogP contribution in [0, 0.1) is 0 Å². The first kappa shape index (κ1) is 12.8. The van der Waals surface area contributed by atoms with Gasteiger partial charge in [-0.15, -0.1) is 11.6 Å². The van der Waals surface area contributed by atoms with Gasteiger partial charge in [0.25, 0.3) is 0 Å². The van der Waals surface area contributed by atoms with E-state index in [1.54, 1.807) is 0 Å². The highest BCUT2D eigenvalue weighted by Gasteiger charge is 1.90. The predicted molar refractivity (Wildman–Crippen MR) is 53.1 cm³/mol. The quantitative estimate of drug-likeness (QED) is 0.329. The van der Waals surface area contributed by atoms with Crippen molar-refractivity contribution >= 4 is 11.6 Å². The molecule has 0 atom stereocenters. The van der Waals surface area contributed by atoms with E-state index in [4.69, 9.17) is 25.8 Å². The molecule has 0 aliphatic heterocycles. The molecular weight excluding hydrogens is 192 g/mol. The summed E-state index contributed by atoms with van der Waals surface area (Å²) in [4.78, 5) is 0. The minimum absolute atomic E-state index is 0.527. The zero-order valence-corrected chi connectivity index (χ0v) is 8.81. The Morgan fingerprint density at radius 2 is 1.62 bits per heavy atom. The van der Waals surface area contributed by atoms with E-state index in [0.717, 1.165) is 0 Å². The topological polar surface area (TPSA) is 27.7 Å². The lowest BCUT2D eigenvalue weighted by molar-refractivity contribution is 0.0312. The van der Waals surface area contributed by atoms with Crippen LogP contribution in [-0.4, -0.2) is 38.9 Å². The maximum absolute atomic E-state index is 5.40. The molecule has 0 aliphatic carbocycles. The Bertz CT molecular complexity index is 128. The van der Waals surface area contributed by atoms with Gasteiger partial charge in [-0.25, -0.2) is 0 Å². The van der Waals surface area contributed by atoms with Gasteiger partial charge in [-0.05, 0) is 6.92 Å². The molecule has 0 amide bonds. The number of hydrogen-bond acceptors (Lipinski definition) is 3. The summed E-state index contributed by atoms with van der Waals surface area (Å²) in [6.07, 6.45) is 0. The summed E-state index contributed by atoms with van der Waals surface area (Å²) in [6.45, 7) is 8.26. The van der Waals surface area contributed by atoms with Crippen molar-refractivity contribution in [3.63, 3.8) is 0 Å². The van der Waals surface area contributed by atoms with Crippen molar-refractivity contribution < 1.29 is 14.2 Å². The van der Waals surface area contributed by atoms with Gasteiger partial charge in [0.15, 0.2) is 0 Å². The Morgan fingerprint density at radius 3 is 2.15 bits per heavy atom. The molecule has 0 bridgehead atoms. The third-order valence-corrected chi connectivity index (χ3v) is 1.32. The van der Waals surface area contributed by atoms with E-state index in [2.05, 4.69) is 6.58 Å². The van der Waals surface area contributed by atoms with Crippen LogP contribution in [0.3, 0.4) is 0 Å². The fourth-order valence-corrected chi connectivity index (χ4v) is 0.760. The van der Waals surface area contributed by atoms with E-state index in [0.29, 0.717) is 44.7 Å². The van der Waals surface area contributed by atoms with Gasteiger partial charge in [0, 0.05) is 5.88 Å². The second-order valence-corrected chi connectivity index (χ2v) is 2.84. The molecule has 78 valence electrons. The maximum atomic E-state index is 5.40. The van der Waals surface area contributed by atoms with Crippen molar-refractivity contribution in [2.45, 2.75) is 6.92 Å². The average Bonchev–Trinajstić information content (AvgIpc) is 2.09. The molecule has 0 aromatic rings. The van der Waals surface area contributed by atoms with E-state index in [-0.39, 0.29) is 0 Å². The van der Waals surface area contributed by atoms with Crippen LogP contribution in [0.15, 0.2) is 12.3 Å². The van der Waals surface area contributed by atoms with Crippen molar-refractivity contribution in [3.05, 3.63) is 12.3 Å². The lowest BCUT2D eigenvalue weighted by atomic mass is 10.6. The average molecular weight is 209 g/mol. The third-order valence-electron chi connectivity index (χ3n) is 1.17. The van der Waals surface area contributed by atoms with Gasteiger partial charge in [0.05, 0.1) is 32.2 Å². The second-order valence-electron chi connectivity index (χ2n) is 2.46. The van der Waals surface area contributed by atoms with Crippen LogP contribution in [0.25, 0.3) is 0 Å². The Kier molecular flexibility index (Phi) is 9.65. The molecule has 0 N–H and O–H groups in total. The third kappa shape index (κ3) is 11.8. The molecule has 0 rings (SSSR count). The molecule has 0 unspecified atom stereocenters. The van der Waals surface area contributed by atoms with E-state index in [1.165, 1.54) is 0 Å². The molecule has 0 aliphatic rings. The van der Waals surface area contributed by atoms with Gasteiger partial charge in [-0.1, -0.05) is 6.58 Å². The van der Waals surface area contributed by atoms with E-state index >= 15 is 0 Å². The van der Waals surface area contributed by atoms with Crippen LogP contribution in [0.1, 0.15) is 6.92 Å². The smallest absolute Gasteiger partial charge is 0.111 e. The Hall–Kier alpha value is -0.250. The van der Waals surface area contributed by atoms with Crippen LogP contribution in [-0.2, 0) is 14.2 Å². The summed E-state index contributed by atoms with van der Waals surface area (Å²) in [5.41, 5.74) is 0. The lowest BCUT2D eigenvalue weighted by Gasteiger charge is -2.06. The van der Waals surface area contributed by atoms with Gasteiger partial charge in [0.2, 0.25) is 0 Å². The number of allylic oxidation sites excluding steroid dienone is 1. The molecule has 3 nitrogen and oxygen atoms in total. The number of halogens is 1. The van der Waals surface area contributed by atoms with Gasteiger partial charge in [-0.2, -0.15) is 0 Å². The molecule has 0 fully saturated rings. The maximum Gasteiger partial charge on any atom is 0.111 e. The zero-order valence-electron chi connectivity index (χ0n) is 8.05. The van der Waals surface area contributed by atoms with Crippen LogP contribution in [0.2, 0.25) is 0 Å². The summed E-state index contributed by atoms with van der Waals surface area (Å²) >= 11 is 5.40. The van der Waals surface area contributed by atoms with Crippen molar-refractivity contribution in [1.29, 1.82) is 0 Å². The lowest BCUT2D eigenvalue weighted by Crippen LogP contribution is -2.09. The SMILES string of the molecule is C=C(C)OCCOCCOCCCl. The molecule has 13 heavy (non-hydrogen) atoms. The summed E-state index contributed by atoms with van der Waals surface area (Å²) in [5, 5.41) is 0. The van der Waals surface area contributed by atoms with Crippen molar-refractivity contribution in [2.24, 2.45) is 0 Å². The monoisotopic (exact) mass is 208 g/mol. The number of hydrogen-bond donors (Lipinski definition) is 0. The van der Waals surface area contributed by atoms with Crippen molar-refractivity contribution in [3.8, 4) is 0 Å². The molecule has 0 saturated carbocycles. The number of alkyl halides is 1. The molecule has 4 heteroatoms. The number of ether oxygens (including phenoxy) is 3. The summed E-state index contributed by atoms with van der Waals surface area (Å²) in [5.74, 6) is 1.24. The van der Waals surface area contributed by atoms with Crippen LogP contribution < -0.4 is 0 Å². The summed E-state index contributed by atoms with van der Waals surface area (Å²) in [6, 6.07) is 0. The van der Waals surface area contributed by atoms with Crippen LogP contribution in [0.5, 0.6) is 0 Å². The molecular formula is C9H17ClO3. The minimum atomic E-state index is 0.527. The number of rotatable bonds is 9. The first-order valence-corrected chi connectivity index (χ1v) is 4.80. The Morgan fingerprint density at radius 1 is 1.08 bits per heavy atom. The zero-order chi connectivity index (χ0) is 9.94. The highest BCUT2D eigenvalue weighted by atomic mass is 35.5. The Balaban J connectivity index is 2.87. The second kappa shape index (κ2) is 9.84. The predicted octanol–water partition coefficient (Wildman–Crippen LogP) is 1.81. The van der Waals surface area contributed by atoms with E-state index in [9.17, 15) is 0 Å². The standard InChI is InChI=1S/C9H17ClO3/c1-9(2)13-8-7-12-6-5-11-4-3-10/h1,3-8H2,2H3.